The summed E-state index contributed by atoms with van der Waals surface area (Å²) < 4.78 is 1.79. The van der Waals surface area contributed by atoms with Gasteiger partial charge in [-0.05, 0) is 6.92 Å². The van der Waals surface area contributed by atoms with Crippen molar-refractivity contribution in [1.29, 1.82) is 0 Å². The monoisotopic (exact) mass is 244 g/mol. The molecule has 1 aliphatic rings. The predicted molar refractivity (Wildman–Crippen MR) is 63.8 cm³/mol. The van der Waals surface area contributed by atoms with Crippen molar-refractivity contribution in [3.8, 4) is 0 Å². The lowest BCUT2D eigenvalue weighted by Crippen LogP contribution is -2.52. The minimum Gasteiger partial charge on any atom is -0.340 e. The number of imidazole rings is 1. The van der Waals surface area contributed by atoms with Crippen molar-refractivity contribution in [2.75, 3.05) is 19.6 Å². The summed E-state index contributed by atoms with van der Waals surface area (Å²) >= 11 is 0. The first-order valence-corrected chi connectivity index (χ1v) is 5.18. The summed E-state index contributed by atoms with van der Waals surface area (Å²) in [7, 11) is 1.87. The number of carbonyl (C=O) groups excluding carboxylic acids is 1. The molecule has 0 spiro atoms. The Bertz CT molecular complexity index is 365. The number of carbonyl (C=O) groups is 1. The summed E-state index contributed by atoms with van der Waals surface area (Å²) in [6, 6.07) is 0.244. The summed E-state index contributed by atoms with van der Waals surface area (Å²) in [5.74, 6) is 0.0320. The minimum absolute atomic E-state index is 0. The molecule has 1 aromatic rings. The molecule has 16 heavy (non-hydrogen) atoms. The Labute approximate surface area is 101 Å². The SMILES string of the molecule is C[C@@H]1CNCCN1C(=O)c1cn(C)cn1.Cl. The lowest BCUT2D eigenvalue weighted by Gasteiger charge is -2.33. The van der Waals surface area contributed by atoms with Gasteiger partial charge < -0.3 is 14.8 Å². The van der Waals surface area contributed by atoms with Gasteiger partial charge >= 0.3 is 0 Å². The highest BCUT2D eigenvalue weighted by atomic mass is 35.5. The van der Waals surface area contributed by atoms with E-state index in [0.29, 0.717) is 5.69 Å². The fourth-order valence-electron chi connectivity index (χ4n) is 1.81. The molecule has 2 rings (SSSR count). The predicted octanol–water partition coefficient (Wildman–Crippen LogP) is 0.276. The highest BCUT2D eigenvalue weighted by molar-refractivity contribution is 5.92. The molecule has 1 aromatic heterocycles. The third kappa shape index (κ3) is 2.54. The zero-order chi connectivity index (χ0) is 10.8. The van der Waals surface area contributed by atoms with Gasteiger partial charge in [-0.1, -0.05) is 0 Å². The van der Waals surface area contributed by atoms with Gasteiger partial charge in [0.2, 0.25) is 0 Å². The molecule has 1 saturated heterocycles. The van der Waals surface area contributed by atoms with Crippen LogP contribution in [0.4, 0.5) is 0 Å². The molecule has 0 unspecified atom stereocenters. The van der Waals surface area contributed by atoms with Gasteiger partial charge in [0.1, 0.15) is 5.69 Å². The molecule has 1 aliphatic heterocycles. The second-order valence-electron chi connectivity index (χ2n) is 3.98. The largest absolute Gasteiger partial charge is 0.340 e. The van der Waals surface area contributed by atoms with Crippen LogP contribution in [-0.4, -0.2) is 46.0 Å². The van der Waals surface area contributed by atoms with Gasteiger partial charge in [0.25, 0.3) is 5.91 Å². The number of nitrogens with one attached hydrogen (secondary N) is 1. The molecule has 90 valence electrons. The molecule has 1 N–H and O–H groups in total. The third-order valence-corrected chi connectivity index (χ3v) is 2.69. The first-order chi connectivity index (χ1) is 7.18. The molecule has 0 saturated carbocycles. The summed E-state index contributed by atoms with van der Waals surface area (Å²) in [6.45, 7) is 4.53. The van der Waals surface area contributed by atoms with Gasteiger partial charge in [0.15, 0.2) is 0 Å². The number of hydrogen-bond donors (Lipinski definition) is 1. The first-order valence-electron chi connectivity index (χ1n) is 5.18. The Morgan fingerprint density at radius 2 is 2.38 bits per heavy atom. The molecule has 1 atom stereocenters. The van der Waals surface area contributed by atoms with Crippen LogP contribution in [0.2, 0.25) is 0 Å². The zero-order valence-electron chi connectivity index (χ0n) is 9.51. The Balaban J connectivity index is 0.00000128. The van der Waals surface area contributed by atoms with Crippen molar-refractivity contribution in [1.82, 2.24) is 19.8 Å². The van der Waals surface area contributed by atoms with E-state index in [2.05, 4.69) is 10.3 Å². The van der Waals surface area contributed by atoms with Crippen molar-refractivity contribution in [2.45, 2.75) is 13.0 Å². The van der Waals surface area contributed by atoms with Crippen molar-refractivity contribution < 1.29 is 4.79 Å². The van der Waals surface area contributed by atoms with Crippen LogP contribution in [0.1, 0.15) is 17.4 Å². The molecule has 5 nitrogen and oxygen atoms in total. The second-order valence-corrected chi connectivity index (χ2v) is 3.98. The summed E-state index contributed by atoms with van der Waals surface area (Å²) in [4.78, 5) is 18.0. The molecule has 1 fully saturated rings. The number of aromatic nitrogens is 2. The minimum atomic E-state index is 0. The van der Waals surface area contributed by atoms with Crippen LogP contribution >= 0.6 is 12.4 Å². The highest BCUT2D eigenvalue weighted by Crippen LogP contribution is 2.08. The van der Waals surface area contributed by atoms with Gasteiger partial charge in [0, 0.05) is 38.9 Å². The topological polar surface area (TPSA) is 50.2 Å². The van der Waals surface area contributed by atoms with E-state index in [9.17, 15) is 4.79 Å². The van der Waals surface area contributed by atoms with Gasteiger partial charge in [-0.3, -0.25) is 4.79 Å². The van der Waals surface area contributed by atoms with E-state index in [4.69, 9.17) is 0 Å². The van der Waals surface area contributed by atoms with Crippen molar-refractivity contribution in [2.24, 2.45) is 7.05 Å². The van der Waals surface area contributed by atoms with Crippen molar-refractivity contribution in [3.63, 3.8) is 0 Å². The molecule has 0 radical (unpaired) electrons. The van der Waals surface area contributed by atoms with Crippen LogP contribution in [-0.2, 0) is 7.05 Å². The average Bonchev–Trinajstić information content (AvgIpc) is 2.65. The van der Waals surface area contributed by atoms with E-state index in [1.807, 2.05) is 18.9 Å². The number of amides is 1. The number of halogens is 1. The molecule has 1 amide bonds. The normalized spacial score (nSPS) is 20.4. The fourth-order valence-corrected chi connectivity index (χ4v) is 1.81. The van der Waals surface area contributed by atoms with Gasteiger partial charge in [-0.15, -0.1) is 12.4 Å². The lowest BCUT2D eigenvalue weighted by atomic mass is 10.2. The van der Waals surface area contributed by atoms with Gasteiger partial charge in [0.05, 0.1) is 6.33 Å². The molecule has 0 aromatic carbocycles. The number of piperazine rings is 1. The quantitative estimate of drug-likeness (QED) is 0.772. The van der Waals surface area contributed by atoms with E-state index in [1.54, 1.807) is 17.1 Å². The highest BCUT2D eigenvalue weighted by Gasteiger charge is 2.25. The van der Waals surface area contributed by atoms with Crippen LogP contribution in [0, 0.1) is 0 Å². The fraction of sp³-hybridized carbons (Fsp3) is 0.600. The second kappa shape index (κ2) is 5.32. The lowest BCUT2D eigenvalue weighted by molar-refractivity contribution is 0.0650. The Morgan fingerprint density at radius 1 is 1.62 bits per heavy atom. The summed E-state index contributed by atoms with van der Waals surface area (Å²) in [6.07, 6.45) is 3.41. The van der Waals surface area contributed by atoms with Crippen LogP contribution in [0.5, 0.6) is 0 Å². The number of aryl methyl sites for hydroxylation is 1. The smallest absolute Gasteiger partial charge is 0.274 e. The molecule has 2 heterocycles. The van der Waals surface area contributed by atoms with Gasteiger partial charge in [-0.2, -0.15) is 0 Å². The van der Waals surface area contributed by atoms with Crippen molar-refractivity contribution in [3.05, 3.63) is 18.2 Å². The van der Waals surface area contributed by atoms with Crippen LogP contribution < -0.4 is 5.32 Å². The summed E-state index contributed by atoms with van der Waals surface area (Å²) in [5, 5.41) is 3.26. The maximum Gasteiger partial charge on any atom is 0.274 e. The Kier molecular flexibility index (Phi) is 4.32. The summed E-state index contributed by atoms with van der Waals surface area (Å²) in [5.41, 5.74) is 0.534. The maximum atomic E-state index is 12.0. The molecule has 0 bridgehead atoms. The Morgan fingerprint density at radius 3 is 2.94 bits per heavy atom. The van der Waals surface area contributed by atoms with E-state index in [1.165, 1.54) is 0 Å². The van der Waals surface area contributed by atoms with Crippen LogP contribution in [0.3, 0.4) is 0 Å². The number of rotatable bonds is 1. The van der Waals surface area contributed by atoms with Crippen LogP contribution in [0.25, 0.3) is 0 Å². The number of nitrogens with zero attached hydrogens (tertiary/aromatic N) is 3. The molecule has 6 heteroatoms. The standard InChI is InChI=1S/C10H16N4O.ClH/c1-8-5-11-3-4-14(8)10(15)9-6-13(2)7-12-9;/h6-8,11H,3-5H2,1-2H3;1H/t8-;/m1./s1. The zero-order valence-corrected chi connectivity index (χ0v) is 10.3. The first kappa shape index (κ1) is 13.0. The van der Waals surface area contributed by atoms with E-state index in [-0.39, 0.29) is 24.4 Å². The van der Waals surface area contributed by atoms with E-state index in [0.717, 1.165) is 19.6 Å². The average molecular weight is 245 g/mol. The molecule has 0 aliphatic carbocycles. The van der Waals surface area contributed by atoms with Gasteiger partial charge in [-0.25, -0.2) is 4.98 Å². The molecular formula is C10H17ClN4O. The maximum absolute atomic E-state index is 12.0. The van der Waals surface area contributed by atoms with E-state index >= 15 is 0 Å². The van der Waals surface area contributed by atoms with E-state index < -0.39 is 0 Å². The molecular weight excluding hydrogens is 228 g/mol. The third-order valence-electron chi connectivity index (χ3n) is 2.69. The Hall–Kier alpha value is -1.07. The van der Waals surface area contributed by atoms with Crippen LogP contribution in [0.15, 0.2) is 12.5 Å². The van der Waals surface area contributed by atoms with Crippen molar-refractivity contribution >= 4 is 18.3 Å². The number of hydrogen-bond acceptors (Lipinski definition) is 3.